The summed E-state index contributed by atoms with van der Waals surface area (Å²) in [6.07, 6.45) is 0. The molecule has 0 unspecified atom stereocenters. The molecule has 1 aliphatic heterocycles. The molecule has 0 spiro atoms. The monoisotopic (exact) mass is 325 g/mol. The van der Waals surface area contributed by atoms with Crippen molar-refractivity contribution in [1.29, 1.82) is 0 Å². The normalized spacial score (nSPS) is 12.4. The average Bonchev–Trinajstić information content (AvgIpc) is 2.94. The third-order valence-corrected chi connectivity index (χ3v) is 3.42. The van der Waals surface area contributed by atoms with Crippen molar-refractivity contribution in [2.24, 2.45) is 0 Å². The highest BCUT2D eigenvalue weighted by atomic mass is 16.5. The lowest BCUT2D eigenvalue weighted by molar-refractivity contribution is -0.139. The molecule has 24 heavy (non-hydrogen) atoms. The van der Waals surface area contributed by atoms with E-state index in [1.165, 1.54) is 12.1 Å². The maximum atomic E-state index is 10.6. The molecule has 1 heterocycles. The van der Waals surface area contributed by atoms with E-state index in [2.05, 4.69) is 4.85 Å². The Morgan fingerprint density at radius 3 is 2.79 bits per heavy atom. The highest BCUT2D eigenvalue weighted by molar-refractivity contribution is 6.61. The van der Waals surface area contributed by atoms with Crippen LogP contribution in [0, 0.1) is 6.57 Å². The third kappa shape index (κ3) is 3.32. The largest absolute Gasteiger partial charge is 0.493 e. The molecule has 0 amide bonds. The Bertz CT molecular complexity index is 832. The Balaban J connectivity index is 1.81. The number of hydrogen-bond acceptors (Lipinski definition) is 5. The summed E-state index contributed by atoms with van der Waals surface area (Å²) < 4.78 is 16.0. The maximum Gasteiger partial charge on any atom is 0.491 e. The molecule has 120 valence electrons. The van der Waals surface area contributed by atoms with Gasteiger partial charge in [0, 0.05) is 6.07 Å². The smallest absolute Gasteiger partial charge is 0.491 e. The van der Waals surface area contributed by atoms with Crippen molar-refractivity contribution in [3.05, 3.63) is 53.4 Å². The molecule has 7 nitrogen and oxygen atoms in total. The van der Waals surface area contributed by atoms with E-state index in [1.54, 1.807) is 24.3 Å². The Labute approximate surface area is 138 Å². The van der Waals surface area contributed by atoms with E-state index in [9.17, 15) is 9.82 Å². The van der Waals surface area contributed by atoms with Gasteiger partial charge in [0.25, 0.3) is 0 Å². The van der Waals surface area contributed by atoms with E-state index in [4.69, 9.17) is 25.8 Å². The Kier molecular flexibility index (Phi) is 4.38. The summed E-state index contributed by atoms with van der Waals surface area (Å²) in [6, 6.07) is 9.73. The molecule has 2 aromatic rings. The summed E-state index contributed by atoms with van der Waals surface area (Å²) in [6.45, 7) is 6.84. The zero-order valence-corrected chi connectivity index (χ0v) is 12.4. The number of rotatable bonds is 5. The minimum absolute atomic E-state index is 0.143. The lowest BCUT2D eigenvalue weighted by atomic mass is 9.80. The molecule has 8 heteroatoms. The predicted octanol–water partition coefficient (Wildman–Crippen LogP) is 1.71. The number of carboxylic acid groups (broad SMARTS) is 1. The van der Waals surface area contributed by atoms with Crippen LogP contribution in [-0.4, -0.2) is 29.8 Å². The lowest BCUT2D eigenvalue weighted by Crippen LogP contribution is -2.27. The van der Waals surface area contributed by atoms with Crippen LogP contribution in [0.3, 0.4) is 0 Å². The van der Waals surface area contributed by atoms with E-state index in [0.29, 0.717) is 23.6 Å². The van der Waals surface area contributed by atoms with E-state index in [0.717, 1.165) is 5.56 Å². The molecular weight excluding hydrogens is 313 g/mol. The zero-order valence-electron chi connectivity index (χ0n) is 12.4. The van der Waals surface area contributed by atoms with Gasteiger partial charge in [-0.2, -0.15) is 0 Å². The first-order valence-corrected chi connectivity index (χ1v) is 7.03. The van der Waals surface area contributed by atoms with Gasteiger partial charge < -0.3 is 24.3 Å². The second-order valence-corrected chi connectivity index (χ2v) is 5.05. The standard InChI is InChI=1S/C16H12BNO6/c1-18-14-5-3-12(7-15(14)22-9-16(19)20)24-11-2-4-13-10(6-11)8-23-17(13)21/h2-7,21H,8-9H2,(H,19,20). The van der Waals surface area contributed by atoms with Gasteiger partial charge in [0.2, 0.25) is 5.69 Å². The SMILES string of the molecule is [C-]#[N+]c1ccc(Oc2ccc3c(c2)COB3O)cc1OCC(=O)O. The molecule has 0 aliphatic carbocycles. The number of hydrogen-bond donors (Lipinski definition) is 2. The van der Waals surface area contributed by atoms with Gasteiger partial charge >= 0.3 is 13.1 Å². The Morgan fingerprint density at radius 1 is 1.29 bits per heavy atom. The molecule has 3 rings (SSSR count). The summed E-state index contributed by atoms with van der Waals surface area (Å²) in [5.74, 6) is -0.0485. The molecule has 0 atom stereocenters. The average molecular weight is 325 g/mol. The first-order valence-electron chi connectivity index (χ1n) is 7.03. The fourth-order valence-electron chi connectivity index (χ4n) is 2.31. The summed E-state index contributed by atoms with van der Waals surface area (Å²) in [7, 11) is -0.914. The van der Waals surface area contributed by atoms with Crippen LogP contribution in [0.4, 0.5) is 5.69 Å². The van der Waals surface area contributed by atoms with Gasteiger partial charge in [0.05, 0.1) is 13.2 Å². The second-order valence-electron chi connectivity index (χ2n) is 5.05. The van der Waals surface area contributed by atoms with Crippen LogP contribution in [0.2, 0.25) is 0 Å². The van der Waals surface area contributed by atoms with Gasteiger partial charge in [-0.3, -0.25) is 0 Å². The molecule has 0 saturated heterocycles. The molecule has 0 bridgehead atoms. The summed E-state index contributed by atoms with van der Waals surface area (Å²) in [5, 5.41) is 18.3. The van der Waals surface area contributed by atoms with Crippen molar-refractivity contribution in [1.82, 2.24) is 0 Å². The van der Waals surface area contributed by atoms with Crippen molar-refractivity contribution in [2.75, 3.05) is 6.61 Å². The zero-order chi connectivity index (χ0) is 17.1. The molecule has 1 aliphatic rings. The first-order chi connectivity index (χ1) is 11.6. The number of aliphatic carboxylic acids is 1. The number of ether oxygens (including phenoxy) is 2. The van der Waals surface area contributed by atoms with Gasteiger partial charge in [-0.15, -0.1) is 0 Å². The third-order valence-electron chi connectivity index (χ3n) is 3.42. The molecule has 0 aromatic heterocycles. The topological polar surface area (TPSA) is 89.6 Å². The van der Waals surface area contributed by atoms with Crippen molar-refractivity contribution >= 4 is 24.2 Å². The number of nitrogens with zero attached hydrogens (tertiary/aromatic N) is 1. The molecule has 0 radical (unpaired) electrons. The Morgan fingerprint density at radius 2 is 2.04 bits per heavy atom. The van der Waals surface area contributed by atoms with Crippen LogP contribution < -0.4 is 14.9 Å². The summed E-state index contributed by atoms with van der Waals surface area (Å²) in [4.78, 5) is 13.9. The van der Waals surface area contributed by atoms with Crippen LogP contribution in [0.1, 0.15) is 5.56 Å². The minimum atomic E-state index is -1.13. The molecule has 2 N–H and O–H groups in total. The summed E-state index contributed by atoms with van der Waals surface area (Å²) >= 11 is 0. The van der Waals surface area contributed by atoms with Crippen molar-refractivity contribution in [3.8, 4) is 17.2 Å². The van der Waals surface area contributed by atoms with E-state index in [1.807, 2.05) is 0 Å². The number of fused-ring (bicyclic) bond motifs is 1. The van der Waals surface area contributed by atoms with E-state index < -0.39 is 19.7 Å². The first kappa shape index (κ1) is 15.9. The lowest BCUT2D eigenvalue weighted by Gasteiger charge is -2.10. The molecule has 0 fully saturated rings. The molecule has 2 aromatic carbocycles. The van der Waals surface area contributed by atoms with Gasteiger partial charge in [0.1, 0.15) is 17.2 Å². The van der Waals surface area contributed by atoms with Crippen molar-refractivity contribution in [2.45, 2.75) is 6.61 Å². The van der Waals surface area contributed by atoms with E-state index >= 15 is 0 Å². The van der Waals surface area contributed by atoms with Crippen LogP contribution in [0.15, 0.2) is 36.4 Å². The number of carboxylic acids is 1. The van der Waals surface area contributed by atoms with Crippen LogP contribution in [-0.2, 0) is 16.1 Å². The number of carbonyl (C=O) groups is 1. The van der Waals surface area contributed by atoms with Gasteiger partial charge in [-0.1, -0.05) is 6.07 Å². The van der Waals surface area contributed by atoms with Gasteiger partial charge in [-0.25, -0.2) is 9.64 Å². The van der Waals surface area contributed by atoms with Crippen molar-refractivity contribution < 1.29 is 29.1 Å². The highest BCUT2D eigenvalue weighted by Gasteiger charge is 2.27. The Hall–Kier alpha value is -3.02. The predicted molar refractivity (Wildman–Crippen MR) is 84.7 cm³/mol. The van der Waals surface area contributed by atoms with E-state index in [-0.39, 0.29) is 11.4 Å². The van der Waals surface area contributed by atoms with Gasteiger partial charge in [-0.05, 0) is 35.3 Å². The van der Waals surface area contributed by atoms with Crippen LogP contribution in [0.5, 0.6) is 17.2 Å². The van der Waals surface area contributed by atoms with Crippen molar-refractivity contribution in [3.63, 3.8) is 0 Å². The quantitative estimate of drug-likeness (QED) is 0.643. The molecule has 0 saturated carbocycles. The van der Waals surface area contributed by atoms with Crippen LogP contribution in [0.25, 0.3) is 4.85 Å². The fraction of sp³-hybridized carbons (Fsp3) is 0.125. The van der Waals surface area contributed by atoms with Gasteiger partial charge in [0.15, 0.2) is 6.61 Å². The maximum absolute atomic E-state index is 10.6. The molecular formula is C16H12BNO6. The number of benzene rings is 2. The fourth-order valence-corrected chi connectivity index (χ4v) is 2.31. The minimum Gasteiger partial charge on any atom is -0.493 e. The van der Waals surface area contributed by atoms with Crippen LogP contribution >= 0.6 is 0 Å². The second kappa shape index (κ2) is 6.62. The summed E-state index contributed by atoms with van der Waals surface area (Å²) in [5.41, 5.74) is 1.74. The highest BCUT2D eigenvalue weighted by Crippen LogP contribution is 2.34.